The fraction of sp³-hybridized carbons (Fsp3) is 0.615. The minimum absolute atomic E-state index is 0.260. The molecule has 0 amide bonds. The van der Waals surface area contributed by atoms with E-state index in [1.165, 1.54) is 18.5 Å². The fourth-order valence-electron chi connectivity index (χ4n) is 2.42. The number of hydrogen-bond donors (Lipinski definition) is 1. The molecule has 0 spiro atoms. The van der Waals surface area contributed by atoms with Crippen LogP contribution in [0.1, 0.15) is 31.9 Å². The van der Waals surface area contributed by atoms with Crippen molar-refractivity contribution in [3.05, 3.63) is 18.2 Å². The maximum absolute atomic E-state index is 5.31. The number of nitrogens with one attached hydrogen (secondary N) is 1. The summed E-state index contributed by atoms with van der Waals surface area (Å²) in [7, 11) is 0. The second-order valence-electron chi connectivity index (χ2n) is 4.74. The standard InChI is InChI=1S/C13H19N3/c1-3-4-9-16-11-15-10-12(16)13(2)5-7-14-8-6-13/h1,10-11,14H,4-9H2,2H3. The monoisotopic (exact) mass is 217 g/mol. The summed E-state index contributed by atoms with van der Waals surface area (Å²) in [5.41, 5.74) is 1.60. The third-order valence-corrected chi connectivity index (χ3v) is 3.53. The molecule has 1 aliphatic heterocycles. The van der Waals surface area contributed by atoms with Crippen LogP contribution < -0.4 is 5.32 Å². The molecule has 16 heavy (non-hydrogen) atoms. The first-order valence-electron chi connectivity index (χ1n) is 5.91. The van der Waals surface area contributed by atoms with Crippen LogP contribution >= 0.6 is 0 Å². The number of nitrogens with zero attached hydrogens (tertiary/aromatic N) is 2. The highest BCUT2D eigenvalue weighted by molar-refractivity contribution is 5.15. The predicted molar refractivity (Wildman–Crippen MR) is 65.1 cm³/mol. The number of aromatic nitrogens is 2. The van der Waals surface area contributed by atoms with Gasteiger partial charge in [0.2, 0.25) is 0 Å². The van der Waals surface area contributed by atoms with Crippen molar-refractivity contribution < 1.29 is 0 Å². The summed E-state index contributed by atoms with van der Waals surface area (Å²) in [5.74, 6) is 2.69. The summed E-state index contributed by atoms with van der Waals surface area (Å²) in [6.07, 6.45) is 12.3. The van der Waals surface area contributed by atoms with Crippen LogP contribution in [0.25, 0.3) is 0 Å². The first-order chi connectivity index (χ1) is 7.76. The van der Waals surface area contributed by atoms with E-state index in [0.717, 1.165) is 26.1 Å². The second-order valence-corrected chi connectivity index (χ2v) is 4.74. The molecule has 3 nitrogen and oxygen atoms in total. The molecule has 86 valence electrons. The summed E-state index contributed by atoms with van der Waals surface area (Å²) < 4.78 is 2.21. The lowest BCUT2D eigenvalue weighted by Gasteiger charge is -2.34. The molecule has 0 unspecified atom stereocenters. The highest BCUT2D eigenvalue weighted by Gasteiger charge is 2.31. The Morgan fingerprint density at radius 1 is 1.56 bits per heavy atom. The number of hydrogen-bond acceptors (Lipinski definition) is 2. The third kappa shape index (κ3) is 2.12. The predicted octanol–water partition coefficient (Wildman–Crippen LogP) is 1.55. The van der Waals surface area contributed by atoms with Crippen LogP contribution in [0, 0.1) is 12.3 Å². The molecule has 1 aromatic heterocycles. The fourth-order valence-corrected chi connectivity index (χ4v) is 2.42. The summed E-state index contributed by atoms with van der Waals surface area (Å²) in [5, 5.41) is 3.40. The van der Waals surface area contributed by atoms with Gasteiger partial charge in [-0.25, -0.2) is 4.98 Å². The van der Waals surface area contributed by atoms with Gasteiger partial charge in [0.25, 0.3) is 0 Å². The van der Waals surface area contributed by atoms with Crippen molar-refractivity contribution in [2.24, 2.45) is 0 Å². The van der Waals surface area contributed by atoms with E-state index in [-0.39, 0.29) is 5.41 Å². The minimum atomic E-state index is 0.260. The van der Waals surface area contributed by atoms with Crippen molar-refractivity contribution in [2.75, 3.05) is 13.1 Å². The van der Waals surface area contributed by atoms with Crippen molar-refractivity contribution in [2.45, 2.75) is 38.1 Å². The van der Waals surface area contributed by atoms with Crippen molar-refractivity contribution >= 4 is 0 Å². The van der Waals surface area contributed by atoms with Gasteiger partial charge < -0.3 is 9.88 Å². The van der Waals surface area contributed by atoms with E-state index in [4.69, 9.17) is 6.42 Å². The molecule has 1 aliphatic rings. The SMILES string of the molecule is C#CCCn1cncc1C1(C)CCNCC1. The maximum Gasteiger partial charge on any atom is 0.0948 e. The van der Waals surface area contributed by atoms with E-state index >= 15 is 0 Å². The van der Waals surface area contributed by atoms with Crippen LogP contribution in [0.2, 0.25) is 0 Å². The molecule has 1 aromatic rings. The zero-order valence-electron chi connectivity index (χ0n) is 9.87. The minimum Gasteiger partial charge on any atom is -0.333 e. The summed E-state index contributed by atoms with van der Waals surface area (Å²) in [6.45, 7) is 5.40. The Hall–Kier alpha value is -1.27. The number of terminal acetylenes is 1. The van der Waals surface area contributed by atoms with Crippen LogP contribution in [0.3, 0.4) is 0 Å². The number of imidazole rings is 1. The second kappa shape index (κ2) is 4.71. The molecule has 1 N–H and O–H groups in total. The molecule has 2 heterocycles. The lowest BCUT2D eigenvalue weighted by molar-refractivity contribution is 0.317. The van der Waals surface area contributed by atoms with Gasteiger partial charge in [-0.3, -0.25) is 0 Å². The largest absolute Gasteiger partial charge is 0.333 e. The molecular weight excluding hydrogens is 198 g/mol. The Bertz CT molecular complexity index is 380. The van der Waals surface area contributed by atoms with Crippen LogP contribution in [-0.2, 0) is 12.0 Å². The van der Waals surface area contributed by atoms with Gasteiger partial charge in [-0.05, 0) is 25.9 Å². The topological polar surface area (TPSA) is 29.9 Å². The van der Waals surface area contributed by atoms with Crippen molar-refractivity contribution in [3.8, 4) is 12.3 Å². The van der Waals surface area contributed by atoms with Gasteiger partial charge in [0, 0.05) is 30.3 Å². The third-order valence-electron chi connectivity index (χ3n) is 3.53. The molecule has 0 aromatic carbocycles. The van der Waals surface area contributed by atoms with Crippen molar-refractivity contribution in [1.29, 1.82) is 0 Å². The Morgan fingerprint density at radius 2 is 2.31 bits per heavy atom. The van der Waals surface area contributed by atoms with E-state index in [1.54, 1.807) is 0 Å². The Morgan fingerprint density at radius 3 is 3.00 bits per heavy atom. The normalized spacial score (nSPS) is 19.2. The molecule has 0 atom stereocenters. The first kappa shape index (κ1) is 11.2. The molecule has 0 bridgehead atoms. The van der Waals surface area contributed by atoms with Gasteiger partial charge in [0.05, 0.1) is 6.33 Å². The number of rotatable bonds is 3. The van der Waals surface area contributed by atoms with E-state index in [0.29, 0.717) is 0 Å². The Balaban J connectivity index is 2.18. The average molecular weight is 217 g/mol. The molecule has 0 radical (unpaired) electrons. The molecule has 0 aliphatic carbocycles. The van der Waals surface area contributed by atoms with Crippen molar-refractivity contribution in [3.63, 3.8) is 0 Å². The van der Waals surface area contributed by atoms with Gasteiger partial charge in [-0.1, -0.05) is 6.92 Å². The van der Waals surface area contributed by atoms with Crippen LogP contribution in [0.15, 0.2) is 12.5 Å². The molecule has 2 rings (SSSR count). The van der Waals surface area contributed by atoms with Crippen LogP contribution in [-0.4, -0.2) is 22.6 Å². The maximum atomic E-state index is 5.31. The zero-order chi connectivity index (χ0) is 11.4. The molecule has 1 fully saturated rings. The van der Waals surface area contributed by atoms with Crippen molar-refractivity contribution in [1.82, 2.24) is 14.9 Å². The van der Waals surface area contributed by atoms with E-state index < -0.39 is 0 Å². The highest BCUT2D eigenvalue weighted by Crippen LogP contribution is 2.32. The Labute approximate surface area is 97.3 Å². The first-order valence-corrected chi connectivity index (χ1v) is 5.91. The van der Waals surface area contributed by atoms with E-state index in [2.05, 4.69) is 27.7 Å². The van der Waals surface area contributed by atoms with Gasteiger partial charge in [0.1, 0.15) is 0 Å². The molecule has 3 heteroatoms. The zero-order valence-corrected chi connectivity index (χ0v) is 9.87. The van der Waals surface area contributed by atoms with E-state index in [1.807, 2.05) is 12.5 Å². The molecule has 0 saturated carbocycles. The van der Waals surface area contributed by atoms with Crippen LogP contribution in [0.5, 0.6) is 0 Å². The number of aryl methyl sites for hydroxylation is 1. The van der Waals surface area contributed by atoms with Gasteiger partial charge >= 0.3 is 0 Å². The highest BCUT2D eigenvalue weighted by atomic mass is 15.1. The Kier molecular flexibility index (Phi) is 3.31. The van der Waals surface area contributed by atoms with Crippen LogP contribution in [0.4, 0.5) is 0 Å². The quantitative estimate of drug-likeness (QED) is 0.778. The smallest absolute Gasteiger partial charge is 0.0948 e. The van der Waals surface area contributed by atoms with Gasteiger partial charge in [-0.15, -0.1) is 12.3 Å². The molecule has 1 saturated heterocycles. The van der Waals surface area contributed by atoms with Gasteiger partial charge in [-0.2, -0.15) is 0 Å². The lowest BCUT2D eigenvalue weighted by atomic mass is 9.78. The van der Waals surface area contributed by atoms with E-state index in [9.17, 15) is 0 Å². The summed E-state index contributed by atoms with van der Waals surface area (Å²) in [4.78, 5) is 4.27. The summed E-state index contributed by atoms with van der Waals surface area (Å²) >= 11 is 0. The molecular formula is C13H19N3. The van der Waals surface area contributed by atoms with Gasteiger partial charge in [0.15, 0.2) is 0 Å². The lowest BCUT2D eigenvalue weighted by Crippen LogP contribution is -2.39. The summed E-state index contributed by atoms with van der Waals surface area (Å²) in [6, 6.07) is 0. The number of piperidine rings is 1. The average Bonchev–Trinajstić information content (AvgIpc) is 2.76.